The van der Waals surface area contributed by atoms with Gasteiger partial charge in [0.1, 0.15) is 5.82 Å². The molecule has 13 heavy (non-hydrogen) atoms. The lowest BCUT2D eigenvalue weighted by atomic mass is 10.5. The molecule has 0 radical (unpaired) electrons. The van der Waals surface area contributed by atoms with Crippen molar-refractivity contribution in [3.05, 3.63) is 24.3 Å². The van der Waals surface area contributed by atoms with Crippen LogP contribution in [0.15, 0.2) is 18.5 Å². The third-order valence-electron chi connectivity index (χ3n) is 1.11. The van der Waals surface area contributed by atoms with Gasteiger partial charge in [0.25, 0.3) is 0 Å². The van der Waals surface area contributed by atoms with Crippen molar-refractivity contribution in [3.8, 4) is 0 Å². The Balaban J connectivity index is 0. The molecule has 0 fully saturated rings. The molecule has 1 rings (SSSR count). The highest BCUT2D eigenvalue weighted by atomic mass is 16.1. The minimum Gasteiger partial charge on any atom is -0.349 e. The third-order valence-corrected chi connectivity index (χ3v) is 1.11. The van der Waals surface area contributed by atoms with Crippen LogP contribution in [0, 0.1) is 0 Å². The molecule has 1 aromatic rings. The summed E-state index contributed by atoms with van der Waals surface area (Å²) in [6, 6.07) is 1.73. The normalized spacial score (nSPS) is 8.23. The zero-order chi connectivity index (χ0) is 10.1. The van der Waals surface area contributed by atoms with Gasteiger partial charge in [0.05, 0.1) is 6.54 Å². The monoisotopic (exact) mass is 183 g/mol. The van der Waals surface area contributed by atoms with Gasteiger partial charge in [-0.2, -0.15) is 0 Å². The van der Waals surface area contributed by atoms with Crippen LogP contribution < -0.4 is 5.32 Å². The maximum Gasteiger partial charge on any atom is 0.217 e. The maximum absolute atomic E-state index is 10.5. The van der Waals surface area contributed by atoms with Gasteiger partial charge >= 0.3 is 0 Å². The molecule has 4 heteroatoms. The Labute approximate surface area is 79.9 Å². The number of nitrogens with one attached hydrogen (secondary N) is 1. The number of amides is 1. The number of carbonyl (C=O) groups excluding carboxylic acids is 1. The minimum absolute atomic E-state index is 0. The molecule has 0 aliphatic heterocycles. The smallest absolute Gasteiger partial charge is 0.217 e. The third kappa shape index (κ3) is 5.78. The second kappa shape index (κ2) is 7.21. The first-order chi connectivity index (χ1) is 6.29. The molecule has 0 saturated carbocycles. The van der Waals surface area contributed by atoms with Crippen LogP contribution in [0.1, 0.15) is 28.0 Å². The van der Waals surface area contributed by atoms with Crippen LogP contribution >= 0.6 is 0 Å². The van der Waals surface area contributed by atoms with Gasteiger partial charge in [-0.1, -0.05) is 13.8 Å². The second-order valence-corrected chi connectivity index (χ2v) is 2.07. The molecule has 0 bridgehead atoms. The Morgan fingerprint density at radius 2 is 2.00 bits per heavy atom. The first kappa shape index (κ1) is 11.6. The quantitative estimate of drug-likeness (QED) is 0.753. The van der Waals surface area contributed by atoms with E-state index in [1.807, 2.05) is 13.8 Å². The largest absolute Gasteiger partial charge is 0.349 e. The predicted molar refractivity (Wildman–Crippen MR) is 53.0 cm³/mol. The molecular formula is C9H17N3O. The molecule has 0 aliphatic carbocycles. The van der Waals surface area contributed by atoms with Gasteiger partial charge in [0, 0.05) is 20.7 Å². The van der Waals surface area contributed by atoms with Gasteiger partial charge in [-0.3, -0.25) is 4.79 Å². The summed E-state index contributed by atoms with van der Waals surface area (Å²) < 4.78 is 0. The fourth-order valence-electron chi connectivity index (χ4n) is 0.625. The van der Waals surface area contributed by atoms with E-state index in [0.29, 0.717) is 12.4 Å². The highest BCUT2D eigenvalue weighted by Gasteiger charge is 1.93. The lowest BCUT2D eigenvalue weighted by Gasteiger charge is -1.98. The summed E-state index contributed by atoms with van der Waals surface area (Å²) in [5, 5.41) is 2.60. The van der Waals surface area contributed by atoms with Crippen molar-refractivity contribution in [3.63, 3.8) is 0 Å². The van der Waals surface area contributed by atoms with E-state index in [0.717, 1.165) is 0 Å². The summed E-state index contributed by atoms with van der Waals surface area (Å²) in [5.74, 6) is 0.556. The Morgan fingerprint density at radius 1 is 1.46 bits per heavy atom. The number of hydrogen-bond donors (Lipinski definition) is 1. The topological polar surface area (TPSA) is 54.9 Å². The Kier molecular flexibility index (Phi) is 6.41. The van der Waals surface area contributed by atoms with Crippen molar-refractivity contribution in [2.75, 3.05) is 0 Å². The molecule has 0 saturated heterocycles. The number of nitrogens with zero attached hydrogens (tertiary/aromatic N) is 2. The van der Waals surface area contributed by atoms with E-state index in [9.17, 15) is 4.79 Å². The van der Waals surface area contributed by atoms with E-state index in [-0.39, 0.29) is 7.33 Å². The van der Waals surface area contributed by atoms with Crippen molar-refractivity contribution in [2.24, 2.45) is 0 Å². The first-order valence-electron chi connectivity index (χ1n) is 4.29. The fraction of sp³-hybridized carbons (Fsp3) is 0.444. The first-order valence-corrected chi connectivity index (χ1v) is 4.29. The van der Waals surface area contributed by atoms with Crippen LogP contribution in [-0.4, -0.2) is 15.9 Å². The van der Waals surface area contributed by atoms with Crippen molar-refractivity contribution < 1.29 is 6.22 Å². The van der Waals surface area contributed by atoms with Gasteiger partial charge in [-0.25, -0.2) is 9.97 Å². The second-order valence-electron chi connectivity index (χ2n) is 2.07. The zero-order valence-electron chi connectivity index (χ0n) is 8.24. The van der Waals surface area contributed by atoms with Crippen LogP contribution in [0.4, 0.5) is 0 Å². The summed E-state index contributed by atoms with van der Waals surface area (Å²) in [6.45, 7) is 5.86. The molecule has 1 amide bonds. The lowest BCUT2D eigenvalue weighted by Crippen LogP contribution is -2.20. The van der Waals surface area contributed by atoms with E-state index in [1.54, 1.807) is 18.5 Å². The Bertz CT molecular complexity index is 241. The number of rotatable bonds is 2. The average Bonchev–Trinajstić information content (AvgIpc) is 2.19. The Hall–Kier alpha value is -1.45. The highest BCUT2D eigenvalue weighted by molar-refractivity contribution is 5.72. The molecule has 74 valence electrons. The highest BCUT2D eigenvalue weighted by Crippen LogP contribution is 1.84. The summed E-state index contributed by atoms with van der Waals surface area (Å²) in [4.78, 5) is 18.3. The zero-order valence-corrected chi connectivity index (χ0v) is 8.24. The number of aromatic nitrogens is 2. The van der Waals surface area contributed by atoms with Gasteiger partial charge in [-0.05, 0) is 6.07 Å². The van der Waals surface area contributed by atoms with Gasteiger partial charge in [0.15, 0.2) is 0 Å². The lowest BCUT2D eigenvalue weighted by molar-refractivity contribution is -0.119. The van der Waals surface area contributed by atoms with Gasteiger partial charge < -0.3 is 5.32 Å². The summed E-state index contributed by atoms with van der Waals surface area (Å²) in [7, 11) is 0. The van der Waals surface area contributed by atoms with Crippen LogP contribution in [-0.2, 0) is 11.3 Å². The van der Waals surface area contributed by atoms with Crippen molar-refractivity contribution >= 4 is 5.91 Å². The molecule has 0 aromatic carbocycles. The van der Waals surface area contributed by atoms with Crippen LogP contribution in [0.25, 0.3) is 0 Å². The molecule has 0 atom stereocenters. The summed E-state index contributed by atoms with van der Waals surface area (Å²) in [5.41, 5.74) is 0. The predicted octanol–water partition coefficient (Wildman–Crippen LogP) is 1.38. The summed E-state index contributed by atoms with van der Waals surface area (Å²) in [6.07, 6.45) is 3.29. The summed E-state index contributed by atoms with van der Waals surface area (Å²) >= 11 is 0. The fourth-order valence-corrected chi connectivity index (χ4v) is 0.625. The molecule has 1 aromatic heterocycles. The van der Waals surface area contributed by atoms with E-state index >= 15 is 0 Å². The van der Waals surface area contributed by atoms with E-state index < -0.39 is 0 Å². The van der Waals surface area contributed by atoms with Gasteiger partial charge in [0.2, 0.25) is 5.91 Å². The van der Waals surface area contributed by atoms with Crippen LogP contribution in [0.2, 0.25) is 0 Å². The Morgan fingerprint density at radius 3 is 2.46 bits per heavy atom. The van der Waals surface area contributed by atoms with Crippen molar-refractivity contribution in [1.29, 1.82) is 0 Å². The van der Waals surface area contributed by atoms with Crippen molar-refractivity contribution in [1.82, 2.24) is 15.3 Å². The molecule has 0 unspecified atom stereocenters. The molecule has 0 spiro atoms. The van der Waals surface area contributed by atoms with Gasteiger partial charge in [-0.15, -0.1) is 0 Å². The SMILES string of the molecule is CC.CC(=O)NCc1ncccn1.[HH]. The number of carbonyl (C=O) groups is 1. The molecule has 4 nitrogen and oxygen atoms in total. The van der Waals surface area contributed by atoms with Crippen LogP contribution in [0.3, 0.4) is 0 Å². The maximum atomic E-state index is 10.5. The average molecular weight is 183 g/mol. The minimum atomic E-state index is -0.0718. The molecule has 1 N–H and O–H groups in total. The molecule has 0 aliphatic rings. The number of hydrogen-bond acceptors (Lipinski definition) is 3. The van der Waals surface area contributed by atoms with E-state index in [4.69, 9.17) is 0 Å². The van der Waals surface area contributed by atoms with Crippen LogP contribution in [0.5, 0.6) is 0 Å². The van der Waals surface area contributed by atoms with E-state index in [2.05, 4.69) is 15.3 Å². The molecule has 1 heterocycles. The van der Waals surface area contributed by atoms with E-state index in [1.165, 1.54) is 6.92 Å². The van der Waals surface area contributed by atoms with Crippen molar-refractivity contribution in [2.45, 2.75) is 27.3 Å². The standard InChI is InChI=1S/C7H9N3O.C2H6.H2/c1-6(11)10-5-7-8-3-2-4-9-7;1-2;/h2-4H,5H2,1H3,(H,10,11);1-2H3;1H. The molecular weight excluding hydrogens is 166 g/mol.